The largest absolute Gasteiger partial charge is 0.359 e. The molecule has 0 radical (unpaired) electrons. The van der Waals surface area contributed by atoms with E-state index in [2.05, 4.69) is 9.88 Å². The number of sulfonamides is 1. The molecule has 2 fully saturated rings. The SMILES string of the molecule is Cc1cc(Cn2c(=O)c3cc(S(=O)(=O)NC4(C)CC4)ccc3n(CC3CC3)c2=O)on1. The van der Waals surface area contributed by atoms with Gasteiger partial charge < -0.3 is 4.52 Å². The summed E-state index contributed by atoms with van der Waals surface area (Å²) in [6.45, 7) is 4.04. The van der Waals surface area contributed by atoms with Crippen molar-refractivity contribution in [2.24, 2.45) is 5.92 Å². The maximum Gasteiger partial charge on any atom is 0.331 e. The van der Waals surface area contributed by atoms with Crippen LogP contribution in [0.3, 0.4) is 0 Å². The van der Waals surface area contributed by atoms with Gasteiger partial charge in [0.05, 0.1) is 28.0 Å². The Bertz CT molecular complexity index is 1410. The molecule has 1 N–H and O–H groups in total. The number of hydrogen-bond donors (Lipinski definition) is 1. The molecule has 9 nitrogen and oxygen atoms in total. The van der Waals surface area contributed by atoms with Crippen LogP contribution in [-0.2, 0) is 23.1 Å². The summed E-state index contributed by atoms with van der Waals surface area (Å²) in [5, 5.41) is 4.01. The first-order valence-corrected chi connectivity index (χ1v) is 11.9. The molecule has 1 aromatic carbocycles. The summed E-state index contributed by atoms with van der Waals surface area (Å²) in [6, 6.07) is 6.06. The van der Waals surface area contributed by atoms with Crippen molar-refractivity contribution in [2.45, 2.75) is 63.1 Å². The summed E-state index contributed by atoms with van der Waals surface area (Å²) in [5.41, 5.74) is -0.310. The number of nitrogens with zero attached hydrogens (tertiary/aromatic N) is 3. The van der Waals surface area contributed by atoms with E-state index in [4.69, 9.17) is 4.52 Å². The third-order valence-corrected chi connectivity index (χ3v) is 7.65. The highest BCUT2D eigenvalue weighted by atomic mass is 32.2. The maximum atomic E-state index is 13.3. The van der Waals surface area contributed by atoms with Crippen molar-refractivity contribution in [1.29, 1.82) is 0 Å². The third-order valence-electron chi connectivity index (χ3n) is 6.02. The highest BCUT2D eigenvalue weighted by molar-refractivity contribution is 7.89. The number of benzene rings is 1. The number of fused-ring (bicyclic) bond motifs is 1. The van der Waals surface area contributed by atoms with Crippen molar-refractivity contribution >= 4 is 20.9 Å². The van der Waals surface area contributed by atoms with Gasteiger partial charge in [-0.15, -0.1) is 0 Å². The Balaban J connectivity index is 1.67. The van der Waals surface area contributed by atoms with E-state index < -0.39 is 26.8 Å². The van der Waals surface area contributed by atoms with Gasteiger partial charge in [0.25, 0.3) is 5.56 Å². The summed E-state index contributed by atoms with van der Waals surface area (Å²) < 4.78 is 36.3. The predicted molar refractivity (Wildman–Crippen MR) is 113 cm³/mol. The average molecular weight is 445 g/mol. The molecule has 5 rings (SSSR count). The van der Waals surface area contributed by atoms with Gasteiger partial charge in [-0.25, -0.2) is 17.9 Å². The average Bonchev–Trinajstić information content (AvgIpc) is 3.63. The minimum atomic E-state index is -3.78. The first kappa shape index (κ1) is 20.2. The zero-order chi connectivity index (χ0) is 22.0. The van der Waals surface area contributed by atoms with E-state index in [0.29, 0.717) is 29.4 Å². The van der Waals surface area contributed by atoms with Gasteiger partial charge in [-0.1, -0.05) is 5.16 Å². The predicted octanol–water partition coefficient (Wildman–Crippen LogP) is 1.75. The Labute approximate surface area is 178 Å². The van der Waals surface area contributed by atoms with E-state index in [-0.39, 0.29) is 16.8 Å². The summed E-state index contributed by atoms with van der Waals surface area (Å²) >= 11 is 0. The second kappa shape index (κ2) is 6.89. The fourth-order valence-corrected chi connectivity index (χ4v) is 5.25. The van der Waals surface area contributed by atoms with Crippen LogP contribution in [0.4, 0.5) is 0 Å². The van der Waals surface area contributed by atoms with Crippen LogP contribution in [0.25, 0.3) is 10.9 Å². The summed E-state index contributed by atoms with van der Waals surface area (Å²) in [5.74, 6) is 0.778. The Morgan fingerprint density at radius 3 is 2.55 bits per heavy atom. The molecule has 0 saturated heterocycles. The molecule has 0 aliphatic heterocycles. The number of aromatic nitrogens is 3. The zero-order valence-corrected chi connectivity index (χ0v) is 18.2. The van der Waals surface area contributed by atoms with Gasteiger partial charge in [0.2, 0.25) is 10.0 Å². The van der Waals surface area contributed by atoms with E-state index in [1.807, 2.05) is 6.92 Å². The molecule has 0 bridgehead atoms. The highest BCUT2D eigenvalue weighted by Crippen LogP contribution is 2.36. The van der Waals surface area contributed by atoms with Crippen molar-refractivity contribution in [3.8, 4) is 0 Å². The van der Waals surface area contributed by atoms with E-state index in [0.717, 1.165) is 30.3 Å². The molecule has 2 saturated carbocycles. The molecule has 0 atom stereocenters. The Morgan fingerprint density at radius 1 is 1.19 bits per heavy atom. The van der Waals surface area contributed by atoms with E-state index in [1.54, 1.807) is 23.6 Å². The molecule has 164 valence electrons. The molecule has 2 heterocycles. The molecule has 0 amide bonds. The van der Waals surface area contributed by atoms with Crippen LogP contribution in [0.1, 0.15) is 44.1 Å². The normalized spacial score (nSPS) is 17.9. The number of nitrogens with one attached hydrogen (secondary N) is 1. The lowest BCUT2D eigenvalue weighted by atomic mass is 10.2. The lowest BCUT2D eigenvalue weighted by molar-refractivity contribution is 0.368. The second-order valence-corrected chi connectivity index (χ2v) is 10.7. The van der Waals surface area contributed by atoms with Gasteiger partial charge in [-0.3, -0.25) is 13.9 Å². The smallest absolute Gasteiger partial charge is 0.331 e. The molecular weight excluding hydrogens is 420 g/mol. The molecule has 10 heteroatoms. The van der Waals surface area contributed by atoms with Gasteiger partial charge >= 0.3 is 5.69 Å². The Kier molecular flexibility index (Phi) is 4.49. The fourth-order valence-electron chi connectivity index (χ4n) is 3.76. The number of rotatable bonds is 7. The number of aryl methyl sites for hydroxylation is 1. The quantitative estimate of drug-likeness (QED) is 0.593. The summed E-state index contributed by atoms with van der Waals surface area (Å²) in [4.78, 5) is 26.5. The van der Waals surface area contributed by atoms with Crippen LogP contribution in [0, 0.1) is 12.8 Å². The molecule has 2 aliphatic rings. The topological polar surface area (TPSA) is 116 Å². The van der Waals surface area contributed by atoms with Crippen molar-refractivity contribution in [3.05, 3.63) is 56.6 Å². The lowest BCUT2D eigenvalue weighted by Gasteiger charge is -2.15. The van der Waals surface area contributed by atoms with Crippen LogP contribution in [0.15, 0.2) is 43.3 Å². The van der Waals surface area contributed by atoms with Crippen LogP contribution in [0.5, 0.6) is 0 Å². The van der Waals surface area contributed by atoms with Crippen molar-refractivity contribution in [1.82, 2.24) is 19.0 Å². The summed E-state index contributed by atoms with van der Waals surface area (Å²) in [6.07, 6.45) is 3.63. The van der Waals surface area contributed by atoms with E-state index in [9.17, 15) is 18.0 Å². The lowest BCUT2D eigenvalue weighted by Crippen LogP contribution is -2.41. The molecular formula is C21H24N4O5S. The van der Waals surface area contributed by atoms with Gasteiger partial charge in [0, 0.05) is 18.2 Å². The molecule has 2 aromatic heterocycles. The fraction of sp³-hybridized carbons (Fsp3) is 0.476. The Hall–Kier alpha value is -2.72. The van der Waals surface area contributed by atoms with Gasteiger partial charge in [-0.2, -0.15) is 0 Å². The Morgan fingerprint density at radius 2 is 1.94 bits per heavy atom. The van der Waals surface area contributed by atoms with Gasteiger partial charge in [0.15, 0.2) is 5.76 Å². The first-order valence-electron chi connectivity index (χ1n) is 10.4. The van der Waals surface area contributed by atoms with Crippen LogP contribution in [0.2, 0.25) is 0 Å². The standard InChI is InChI=1S/C21H24N4O5S/c1-13-9-15(30-22-13)12-25-19(26)17-10-16(31(28,29)23-21(2)7-8-21)5-6-18(17)24(20(25)27)11-14-3-4-14/h5-6,9-10,14,23H,3-4,7-8,11-12H2,1-2H3. The summed E-state index contributed by atoms with van der Waals surface area (Å²) in [7, 11) is -3.78. The van der Waals surface area contributed by atoms with E-state index >= 15 is 0 Å². The van der Waals surface area contributed by atoms with E-state index in [1.165, 1.54) is 12.1 Å². The second-order valence-electron chi connectivity index (χ2n) is 9.01. The minimum absolute atomic E-state index is 0.0175. The van der Waals surface area contributed by atoms with Crippen LogP contribution >= 0.6 is 0 Å². The van der Waals surface area contributed by atoms with Crippen molar-refractivity contribution in [3.63, 3.8) is 0 Å². The van der Waals surface area contributed by atoms with Gasteiger partial charge in [0.1, 0.15) is 0 Å². The molecule has 31 heavy (non-hydrogen) atoms. The van der Waals surface area contributed by atoms with Crippen LogP contribution in [-0.4, -0.2) is 28.2 Å². The first-order chi connectivity index (χ1) is 14.7. The molecule has 2 aliphatic carbocycles. The molecule has 3 aromatic rings. The monoisotopic (exact) mass is 444 g/mol. The molecule has 0 spiro atoms. The van der Waals surface area contributed by atoms with Crippen LogP contribution < -0.4 is 16.0 Å². The number of hydrogen-bond acceptors (Lipinski definition) is 6. The third kappa shape index (κ3) is 3.85. The van der Waals surface area contributed by atoms with Crippen molar-refractivity contribution < 1.29 is 12.9 Å². The highest BCUT2D eigenvalue weighted by Gasteiger charge is 2.41. The molecule has 0 unspecified atom stereocenters. The van der Waals surface area contributed by atoms with Gasteiger partial charge in [-0.05, 0) is 63.6 Å². The minimum Gasteiger partial charge on any atom is -0.359 e. The maximum absolute atomic E-state index is 13.3. The zero-order valence-electron chi connectivity index (χ0n) is 17.4. The van der Waals surface area contributed by atoms with Crippen molar-refractivity contribution in [2.75, 3.05) is 0 Å².